The molecule has 1 N–H and O–H groups in total. The molecule has 2 aromatic rings. The van der Waals surface area contributed by atoms with E-state index in [9.17, 15) is 9.59 Å². The minimum absolute atomic E-state index is 0.315. The fourth-order valence-corrected chi connectivity index (χ4v) is 3.14. The number of benzene rings is 1. The van der Waals surface area contributed by atoms with Crippen molar-refractivity contribution < 1.29 is 14.3 Å². The first kappa shape index (κ1) is 17.4. The standard InChI is InChI=1S/C17H16BrNO3S/c1-11-3-4-12(2)14(9-11)19-16(20)10-22-17(21)8-6-13-5-7-15(18)23-13/h3-9H,10H2,1-2H3,(H,19,20)/b8-6+. The van der Waals surface area contributed by atoms with Gasteiger partial charge in [-0.3, -0.25) is 4.79 Å². The molecule has 0 fully saturated rings. The maximum atomic E-state index is 11.8. The van der Waals surface area contributed by atoms with Crippen molar-refractivity contribution >= 4 is 50.9 Å². The zero-order valence-electron chi connectivity index (χ0n) is 12.8. The molecule has 0 saturated heterocycles. The van der Waals surface area contributed by atoms with Crippen LogP contribution >= 0.6 is 27.3 Å². The van der Waals surface area contributed by atoms with Crippen LogP contribution in [0.15, 0.2) is 40.2 Å². The number of rotatable bonds is 5. The predicted octanol–water partition coefficient (Wildman–Crippen LogP) is 4.32. The lowest BCUT2D eigenvalue weighted by atomic mass is 10.1. The number of amides is 1. The average Bonchev–Trinajstić information content (AvgIpc) is 2.92. The van der Waals surface area contributed by atoms with Crippen LogP contribution in [0.1, 0.15) is 16.0 Å². The van der Waals surface area contributed by atoms with Gasteiger partial charge < -0.3 is 10.1 Å². The van der Waals surface area contributed by atoms with Crippen molar-refractivity contribution in [3.8, 4) is 0 Å². The summed E-state index contributed by atoms with van der Waals surface area (Å²) in [5.74, 6) is -0.912. The molecule has 1 aromatic heterocycles. The van der Waals surface area contributed by atoms with Gasteiger partial charge in [-0.1, -0.05) is 12.1 Å². The monoisotopic (exact) mass is 393 g/mol. The van der Waals surface area contributed by atoms with Crippen molar-refractivity contribution in [1.29, 1.82) is 0 Å². The maximum Gasteiger partial charge on any atom is 0.331 e. The molecule has 1 heterocycles. The number of anilines is 1. The Morgan fingerprint density at radius 2 is 2.04 bits per heavy atom. The Kier molecular flexibility index (Phi) is 6.12. The van der Waals surface area contributed by atoms with E-state index in [4.69, 9.17) is 4.74 Å². The van der Waals surface area contributed by atoms with Crippen LogP contribution in [0.2, 0.25) is 0 Å². The van der Waals surface area contributed by atoms with E-state index in [2.05, 4.69) is 21.2 Å². The zero-order chi connectivity index (χ0) is 16.8. The Balaban J connectivity index is 1.83. The lowest BCUT2D eigenvalue weighted by Crippen LogP contribution is -2.20. The molecule has 6 heteroatoms. The number of carbonyl (C=O) groups is 2. The molecular formula is C17H16BrNO3S. The quantitative estimate of drug-likeness (QED) is 0.607. The van der Waals surface area contributed by atoms with Crippen LogP contribution in [-0.2, 0) is 14.3 Å². The second kappa shape index (κ2) is 8.08. The average molecular weight is 394 g/mol. The number of hydrogen-bond acceptors (Lipinski definition) is 4. The third-order valence-corrected chi connectivity index (χ3v) is 4.58. The molecule has 120 valence electrons. The fourth-order valence-electron chi connectivity index (χ4n) is 1.81. The number of aryl methyl sites for hydroxylation is 2. The third-order valence-electron chi connectivity index (χ3n) is 2.99. The number of esters is 1. The topological polar surface area (TPSA) is 55.4 Å². The van der Waals surface area contributed by atoms with E-state index in [0.717, 1.165) is 25.5 Å². The molecular weight excluding hydrogens is 378 g/mol. The lowest BCUT2D eigenvalue weighted by Gasteiger charge is -2.09. The smallest absolute Gasteiger partial charge is 0.331 e. The highest BCUT2D eigenvalue weighted by atomic mass is 79.9. The molecule has 0 spiro atoms. The summed E-state index contributed by atoms with van der Waals surface area (Å²) in [4.78, 5) is 24.4. The Morgan fingerprint density at radius 1 is 1.26 bits per heavy atom. The predicted molar refractivity (Wildman–Crippen MR) is 96.6 cm³/mol. The highest BCUT2D eigenvalue weighted by molar-refractivity contribution is 9.11. The van der Waals surface area contributed by atoms with Crippen LogP contribution in [0.25, 0.3) is 6.08 Å². The lowest BCUT2D eigenvalue weighted by molar-refractivity contribution is -0.142. The first-order valence-corrected chi connectivity index (χ1v) is 8.52. The molecule has 4 nitrogen and oxygen atoms in total. The molecule has 1 amide bonds. The van der Waals surface area contributed by atoms with Crippen molar-refractivity contribution in [2.24, 2.45) is 0 Å². The van der Waals surface area contributed by atoms with Gasteiger partial charge in [0.2, 0.25) is 0 Å². The second-order valence-corrected chi connectivity index (χ2v) is 7.44. The molecule has 0 aliphatic carbocycles. The van der Waals surface area contributed by atoms with Gasteiger partial charge in [0.25, 0.3) is 5.91 Å². The first-order valence-electron chi connectivity index (χ1n) is 6.91. The Hall–Kier alpha value is -1.92. The van der Waals surface area contributed by atoms with Crippen LogP contribution < -0.4 is 5.32 Å². The van der Waals surface area contributed by atoms with Crippen LogP contribution in [0.4, 0.5) is 5.69 Å². The van der Waals surface area contributed by atoms with E-state index in [0.29, 0.717) is 0 Å². The third kappa shape index (κ3) is 5.65. The highest BCUT2D eigenvalue weighted by Gasteiger charge is 2.07. The van der Waals surface area contributed by atoms with E-state index < -0.39 is 5.97 Å². The van der Waals surface area contributed by atoms with Crippen LogP contribution in [0.5, 0.6) is 0 Å². The SMILES string of the molecule is Cc1ccc(C)c(NC(=O)COC(=O)/C=C/c2ccc(Br)s2)c1. The van der Waals surface area contributed by atoms with Crippen molar-refractivity contribution in [2.45, 2.75) is 13.8 Å². The summed E-state index contributed by atoms with van der Waals surface area (Å²) < 4.78 is 5.91. The summed E-state index contributed by atoms with van der Waals surface area (Å²) >= 11 is 4.85. The summed E-state index contributed by atoms with van der Waals surface area (Å²) in [6.45, 7) is 3.54. The molecule has 0 bridgehead atoms. The van der Waals surface area contributed by atoms with Crippen molar-refractivity contribution in [3.05, 3.63) is 56.2 Å². The van der Waals surface area contributed by atoms with E-state index in [1.165, 1.54) is 17.4 Å². The van der Waals surface area contributed by atoms with E-state index in [1.807, 2.05) is 44.2 Å². The fraction of sp³-hybridized carbons (Fsp3) is 0.176. The maximum absolute atomic E-state index is 11.8. The highest BCUT2D eigenvalue weighted by Crippen LogP contribution is 2.23. The molecule has 0 atom stereocenters. The van der Waals surface area contributed by atoms with Crippen molar-refractivity contribution in [1.82, 2.24) is 0 Å². The van der Waals surface area contributed by atoms with Gasteiger partial charge >= 0.3 is 5.97 Å². The van der Waals surface area contributed by atoms with Crippen LogP contribution in [0.3, 0.4) is 0 Å². The number of carbonyl (C=O) groups excluding carboxylic acids is 2. The summed E-state index contributed by atoms with van der Waals surface area (Å²) in [6.07, 6.45) is 2.96. The summed E-state index contributed by atoms with van der Waals surface area (Å²) in [5, 5.41) is 2.74. The summed E-state index contributed by atoms with van der Waals surface area (Å²) in [7, 11) is 0. The van der Waals surface area contributed by atoms with Crippen LogP contribution in [0, 0.1) is 13.8 Å². The van der Waals surface area contributed by atoms with Crippen molar-refractivity contribution in [2.75, 3.05) is 11.9 Å². The first-order chi connectivity index (χ1) is 10.9. The van der Waals surface area contributed by atoms with Gasteiger partial charge in [0, 0.05) is 16.6 Å². The Labute approximate surface area is 147 Å². The summed E-state index contributed by atoms with van der Waals surface area (Å²) in [6, 6.07) is 9.56. The number of ether oxygens (including phenoxy) is 1. The number of thiophene rings is 1. The van der Waals surface area contributed by atoms with Gasteiger partial charge in [-0.15, -0.1) is 11.3 Å². The normalized spacial score (nSPS) is 10.7. The molecule has 1 aromatic carbocycles. The molecule has 0 unspecified atom stereocenters. The van der Waals surface area contributed by atoms with Gasteiger partial charge in [0.05, 0.1) is 3.79 Å². The van der Waals surface area contributed by atoms with Gasteiger partial charge in [0.15, 0.2) is 6.61 Å². The molecule has 0 aliphatic heterocycles. The van der Waals surface area contributed by atoms with Gasteiger partial charge in [0.1, 0.15) is 0 Å². The van der Waals surface area contributed by atoms with Crippen LogP contribution in [-0.4, -0.2) is 18.5 Å². The molecule has 0 aliphatic rings. The molecule has 23 heavy (non-hydrogen) atoms. The largest absolute Gasteiger partial charge is 0.452 e. The van der Waals surface area contributed by atoms with E-state index in [-0.39, 0.29) is 12.5 Å². The molecule has 2 rings (SSSR count). The second-order valence-electron chi connectivity index (χ2n) is 4.95. The van der Waals surface area contributed by atoms with E-state index in [1.54, 1.807) is 6.08 Å². The number of halogens is 1. The minimum Gasteiger partial charge on any atom is -0.452 e. The van der Waals surface area contributed by atoms with Gasteiger partial charge in [-0.2, -0.15) is 0 Å². The van der Waals surface area contributed by atoms with E-state index >= 15 is 0 Å². The number of hydrogen-bond donors (Lipinski definition) is 1. The molecule has 0 saturated carbocycles. The number of nitrogens with one attached hydrogen (secondary N) is 1. The van der Waals surface area contributed by atoms with Gasteiger partial charge in [-0.25, -0.2) is 4.79 Å². The summed E-state index contributed by atoms with van der Waals surface area (Å²) in [5.41, 5.74) is 2.73. The molecule has 0 radical (unpaired) electrons. The zero-order valence-corrected chi connectivity index (χ0v) is 15.2. The minimum atomic E-state index is -0.550. The Morgan fingerprint density at radius 3 is 2.74 bits per heavy atom. The van der Waals surface area contributed by atoms with Gasteiger partial charge in [-0.05, 0) is 65.2 Å². The Bertz CT molecular complexity index is 752. The van der Waals surface area contributed by atoms with Crippen molar-refractivity contribution in [3.63, 3.8) is 0 Å².